The van der Waals surface area contributed by atoms with E-state index in [0.29, 0.717) is 11.6 Å². The van der Waals surface area contributed by atoms with Crippen molar-refractivity contribution in [3.8, 4) is 0 Å². The fourth-order valence-electron chi connectivity index (χ4n) is 1.50. The van der Waals surface area contributed by atoms with Crippen LogP contribution in [0.15, 0.2) is 24.3 Å². The van der Waals surface area contributed by atoms with E-state index in [2.05, 4.69) is 5.32 Å². The molecule has 0 aromatic heterocycles. The molecule has 0 saturated heterocycles. The minimum atomic E-state index is -0.789. The Morgan fingerprint density at radius 1 is 1.41 bits per heavy atom. The lowest BCUT2D eigenvalue weighted by Gasteiger charge is -2.25. The zero-order valence-electron chi connectivity index (χ0n) is 10.4. The zero-order chi connectivity index (χ0) is 13.1. The van der Waals surface area contributed by atoms with Crippen molar-refractivity contribution in [3.05, 3.63) is 34.9 Å². The van der Waals surface area contributed by atoms with Gasteiger partial charge < -0.3 is 15.5 Å². The molecular formula is C13H20ClNO2. The van der Waals surface area contributed by atoms with Gasteiger partial charge in [-0.1, -0.05) is 23.7 Å². The van der Waals surface area contributed by atoms with Gasteiger partial charge in [0.25, 0.3) is 0 Å². The molecule has 3 nitrogen and oxygen atoms in total. The van der Waals surface area contributed by atoms with Gasteiger partial charge >= 0.3 is 0 Å². The third-order valence-corrected chi connectivity index (χ3v) is 2.76. The van der Waals surface area contributed by atoms with E-state index >= 15 is 0 Å². The van der Waals surface area contributed by atoms with Gasteiger partial charge in [0.2, 0.25) is 0 Å². The third kappa shape index (κ3) is 5.04. The summed E-state index contributed by atoms with van der Waals surface area (Å²) in [4.78, 5) is 0. The van der Waals surface area contributed by atoms with Gasteiger partial charge in [0.15, 0.2) is 0 Å². The molecule has 0 amide bonds. The minimum Gasteiger partial charge on any atom is -0.389 e. The van der Waals surface area contributed by atoms with Crippen LogP contribution in [0.1, 0.15) is 32.4 Å². The topological polar surface area (TPSA) is 52.5 Å². The van der Waals surface area contributed by atoms with Crippen LogP contribution in [-0.2, 0) is 0 Å². The summed E-state index contributed by atoms with van der Waals surface area (Å²) >= 11 is 5.87. The molecule has 96 valence electrons. The Morgan fingerprint density at radius 2 is 2.06 bits per heavy atom. The van der Waals surface area contributed by atoms with Gasteiger partial charge in [-0.15, -0.1) is 0 Å². The second-order valence-corrected chi connectivity index (χ2v) is 5.42. The van der Waals surface area contributed by atoms with Gasteiger partial charge in [0.05, 0.1) is 11.7 Å². The van der Waals surface area contributed by atoms with Crippen molar-refractivity contribution in [1.29, 1.82) is 0 Å². The number of aliphatic hydroxyl groups excluding tert-OH is 1. The molecule has 1 unspecified atom stereocenters. The van der Waals surface area contributed by atoms with Crippen molar-refractivity contribution in [3.63, 3.8) is 0 Å². The summed E-state index contributed by atoms with van der Waals surface area (Å²) < 4.78 is 0. The Kier molecular flexibility index (Phi) is 4.95. The SMILES string of the molecule is CC(NCC(C)(C)O)[C@@H](O)c1cccc(Cl)c1. The lowest BCUT2D eigenvalue weighted by molar-refractivity contribution is 0.0638. The second kappa shape index (κ2) is 5.83. The fourth-order valence-corrected chi connectivity index (χ4v) is 1.70. The maximum Gasteiger partial charge on any atom is 0.0940 e. The number of benzene rings is 1. The van der Waals surface area contributed by atoms with E-state index in [1.807, 2.05) is 19.1 Å². The van der Waals surface area contributed by atoms with Crippen LogP contribution in [0, 0.1) is 0 Å². The Labute approximate surface area is 107 Å². The monoisotopic (exact) mass is 257 g/mol. The van der Waals surface area contributed by atoms with Crippen molar-refractivity contribution in [2.45, 2.75) is 38.5 Å². The molecule has 0 fully saturated rings. The molecule has 1 aromatic carbocycles. The quantitative estimate of drug-likeness (QED) is 0.757. The number of nitrogens with one attached hydrogen (secondary N) is 1. The highest BCUT2D eigenvalue weighted by atomic mass is 35.5. The predicted octanol–water partition coefficient (Wildman–Crippen LogP) is 2.12. The first-order valence-electron chi connectivity index (χ1n) is 5.69. The molecule has 3 N–H and O–H groups in total. The standard InChI is InChI=1S/C13H20ClNO2/c1-9(15-8-13(2,3)17)12(16)10-5-4-6-11(14)7-10/h4-7,9,12,15-17H,8H2,1-3H3/t9?,12-/m1/s1. The Morgan fingerprint density at radius 3 is 2.59 bits per heavy atom. The summed E-state index contributed by atoms with van der Waals surface area (Å²) in [6, 6.07) is 7.00. The Balaban J connectivity index is 2.60. The molecule has 0 saturated carbocycles. The Hall–Kier alpha value is -0.610. The average Bonchev–Trinajstić information content (AvgIpc) is 2.24. The van der Waals surface area contributed by atoms with Crippen LogP contribution in [0.2, 0.25) is 5.02 Å². The lowest BCUT2D eigenvalue weighted by Crippen LogP contribution is -2.41. The van der Waals surface area contributed by atoms with E-state index in [0.717, 1.165) is 5.56 Å². The molecule has 0 bridgehead atoms. The molecule has 0 heterocycles. The van der Waals surface area contributed by atoms with E-state index in [-0.39, 0.29) is 6.04 Å². The number of rotatable bonds is 5. The van der Waals surface area contributed by atoms with Crippen LogP contribution in [0.4, 0.5) is 0 Å². The van der Waals surface area contributed by atoms with E-state index < -0.39 is 11.7 Å². The molecular weight excluding hydrogens is 238 g/mol. The zero-order valence-corrected chi connectivity index (χ0v) is 11.2. The highest BCUT2D eigenvalue weighted by Crippen LogP contribution is 2.20. The van der Waals surface area contributed by atoms with Crippen molar-refractivity contribution >= 4 is 11.6 Å². The van der Waals surface area contributed by atoms with Crippen LogP contribution in [-0.4, -0.2) is 28.4 Å². The Bertz CT molecular complexity index is 363. The maximum absolute atomic E-state index is 10.1. The molecule has 1 aromatic rings. The van der Waals surface area contributed by atoms with Crippen molar-refractivity contribution in [1.82, 2.24) is 5.32 Å². The van der Waals surface area contributed by atoms with Gasteiger partial charge in [-0.05, 0) is 38.5 Å². The first-order chi connectivity index (χ1) is 7.79. The summed E-state index contributed by atoms with van der Waals surface area (Å²) in [6.45, 7) is 5.74. The average molecular weight is 258 g/mol. The van der Waals surface area contributed by atoms with E-state index in [1.165, 1.54) is 0 Å². The van der Waals surface area contributed by atoms with Crippen LogP contribution in [0.3, 0.4) is 0 Å². The van der Waals surface area contributed by atoms with E-state index in [4.69, 9.17) is 11.6 Å². The van der Waals surface area contributed by atoms with Gasteiger partial charge in [0.1, 0.15) is 0 Å². The first-order valence-corrected chi connectivity index (χ1v) is 6.07. The van der Waals surface area contributed by atoms with Crippen molar-refractivity contribution < 1.29 is 10.2 Å². The predicted molar refractivity (Wildman–Crippen MR) is 70.2 cm³/mol. The van der Waals surface area contributed by atoms with E-state index in [9.17, 15) is 10.2 Å². The molecule has 0 aliphatic rings. The number of aliphatic hydroxyl groups is 2. The summed E-state index contributed by atoms with van der Waals surface area (Å²) in [5.74, 6) is 0. The van der Waals surface area contributed by atoms with E-state index in [1.54, 1.807) is 26.0 Å². The van der Waals surface area contributed by atoms with Crippen LogP contribution in [0.5, 0.6) is 0 Å². The second-order valence-electron chi connectivity index (χ2n) is 4.98. The number of hydrogen-bond acceptors (Lipinski definition) is 3. The number of hydrogen-bond donors (Lipinski definition) is 3. The van der Waals surface area contributed by atoms with Crippen LogP contribution >= 0.6 is 11.6 Å². The van der Waals surface area contributed by atoms with Gasteiger partial charge in [-0.3, -0.25) is 0 Å². The highest BCUT2D eigenvalue weighted by molar-refractivity contribution is 6.30. The summed E-state index contributed by atoms with van der Waals surface area (Å²) in [5.41, 5.74) is -0.0178. The molecule has 17 heavy (non-hydrogen) atoms. The normalized spacial score (nSPS) is 15.6. The summed E-state index contributed by atoms with van der Waals surface area (Å²) in [6.07, 6.45) is -0.643. The van der Waals surface area contributed by atoms with Crippen LogP contribution in [0.25, 0.3) is 0 Å². The van der Waals surface area contributed by atoms with Gasteiger partial charge in [-0.25, -0.2) is 0 Å². The highest BCUT2D eigenvalue weighted by Gasteiger charge is 2.19. The fraction of sp³-hybridized carbons (Fsp3) is 0.538. The smallest absolute Gasteiger partial charge is 0.0940 e. The van der Waals surface area contributed by atoms with Crippen molar-refractivity contribution in [2.24, 2.45) is 0 Å². The molecule has 1 rings (SSSR count). The first kappa shape index (κ1) is 14.5. The summed E-state index contributed by atoms with van der Waals surface area (Å²) in [5, 5.41) is 23.4. The minimum absolute atomic E-state index is 0.153. The lowest BCUT2D eigenvalue weighted by atomic mass is 10.0. The largest absolute Gasteiger partial charge is 0.389 e. The van der Waals surface area contributed by atoms with Gasteiger partial charge in [0, 0.05) is 17.6 Å². The summed E-state index contributed by atoms with van der Waals surface area (Å²) in [7, 11) is 0. The molecule has 0 aliphatic carbocycles. The van der Waals surface area contributed by atoms with Crippen molar-refractivity contribution in [2.75, 3.05) is 6.54 Å². The van der Waals surface area contributed by atoms with Gasteiger partial charge in [-0.2, -0.15) is 0 Å². The van der Waals surface area contributed by atoms with Crippen LogP contribution < -0.4 is 5.32 Å². The maximum atomic E-state index is 10.1. The molecule has 2 atom stereocenters. The molecule has 0 radical (unpaired) electrons. The number of halogens is 1. The molecule has 0 spiro atoms. The molecule has 0 aliphatic heterocycles. The third-order valence-electron chi connectivity index (χ3n) is 2.52. The molecule has 4 heteroatoms.